The number of benzene rings is 2. The summed E-state index contributed by atoms with van der Waals surface area (Å²) in [5.41, 5.74) is 1.28. The number of carbonyl (C=O) groups is 3. The second kappa shape index (κ2) is 6.86. The standard InChI is InChI=1S/C19H15NO4S/c1-11(21)12-7-9-13(10-8-12)17(22)20-18-16(19(23)24-2)14-5-3-4-6-15(14)25-18/h3-10H,1-2H3,(H,20,22). The van der Waals surface area contributed by atoms with E-state index in [1.165, 1.54) is 25.4 Å². The Bertz CT molecular complexity index is 973. The fourth-order valence-electron chi connectivity index (χ4n) is 2.47. The van der Waals surface area contributed by atoms with Gasteiger partial charge in [-0.3, -0.25) is 9.59 Å². The van der Waals surface area contributed by atoms with Crippen molar-refractivity contribution < 1.29 is 19.1 Å². The van der Waals surface area contributed by atoms with E-state index in [0.29, 0.717) is 21.7 Å². The summed E-state index contributed by atoms with van der Waals surface area (Å²) in [5.74, 6) is -0.920. The molecule has 3 rings (SSSR count). The maximum Gasteiger partial charge on any atom is 0.341 e. The van der Waals surface area contributed by atoms with Crippen LogP contribution in [0.15, 0.2) is 48.5 Å². The number of anilines is 1. The van der Waals surface area contributed by atoms with Crippen LogP contribution in [-0.4, -0.2) is 24.8 Å². The fraction of sp³-hybridized carbons (Fsp3) is 0.105. The lowest BCUT2D eigenvalue weighted by molar-refractivity contribution is 0.0604. The van der Waals surface area contributed by atoms with Crippen LogP contribution < -0.4 is 5.32 Å². The van der Waals surface area contributed by atoms with Crippen LogP contribution >= 0.6 is 11.3 Å². The van der Waals surface area contributed by atoms with Gasteiger partial charge < -0.3 is 10.1 Å². The molecule has 0 saturated heterocycles. The molecule has 5 nitrogen and oxygen atoms in total. The van der Waals surface area contributed by atoms with Gasteiger partial charge in [-0.2, -0.15) is 0 Å². The Morgan fingerprint density at radius 1 is 0.960 bits per heavy atom. The Labute approximate surface area is 148 Å². The number of hydrogen-bond acceptors (Lipinski definition) is 5. The summed E-state index contributed by atoms with van der Waals surface area (Å²) in [7, 11) is 1.31. The Kier molecular flexibility index (Phi) is 4.63. The molecule has 1 heterocycles. The van der Waals surface area contributed by atoms with Crippen LogP contribution in [-0.2, 0) is 4.74 Å². The quantitative estimate of drug-likeness (QED) is 0.565. The number of nitrogens with one attached hydrogen (secondary N) is 1. The Morgan fingerprint density at radius 3 is 2.24 bits per heavy atom. The van der Waals surface area contributed by atoms with Gasteiger partial charge in [0.2, 0.25) is 0 Å². The van der Waals surface area contributed by atoms with Crippen molar-refractivity contribution in [3.05, 3.63) is 65.2 Å². The van der Waals surface area contributed by atoms with Gasteiger partial charge in [-0.05, 0) is 25.1 Å². The Morgan fingerprint density at radius 2 is 1.60 bits per heavy atom. The second-order valence-electron chi connectivity index (χ2n) is 5.38. The van der Waals surface area contributed by atoms with Crippen LogP contribution in [0.2, 0.25) is 0 Å². The van der Waals surface area contributed by atoms with E-state index < -0.39 is 5.97 Å². The lowest BCUT2D eigenvalue weighted by atomic mass is 10.1. The molecule has 1 N–H and O–H groups in total. The first kappa shape index (κ1) is 16.9. The number of ether oxygens (including phenoxy) is 1. The molecule has 0 aliphatic rings. The van der Waals surface area contributed by atoms with Crippen LogP contribution in [0.1, 0.15) is 38.0 Å². The number of thiophene rings is 1. The molecule has 0 aliphatic heterocycles. The third-order valence-corrected chi connectivity index (χ3v) is 4.85. The summed E-state index contributed by atoms with van der Waals surface area (Å²) in [5, 5.41) is 3.95. The minimum atomic E-state index is -0.500. The van der Waals surface area contributed by atoms with Crippen molar-refractivity contribution in [3.63, 3.8) is 0 Å². The first-order valence-electron chi connectivity index (χ1n) is 7.53. The highest BCUT2D eigenvalue weighted by Crippen LogP contribution is 2.36. The van der Waals surface area contributed by atoms with E-state index in [9.17, 15) is 14.4 Å². The summed E-state index contributed by atoms with van der Waals surface area (Å²) in [6.07, 6.45) is 0. The van der Waals surface area contributed by atoms with Crippen LogP contribution in [0.3, 0.4) is 0 Å². The molecule has 25 heavy (non-hydrogen) atoms. The number of rotatable bonds is 4. The third kappa shape index (κ3) is 3.29. The van der Waals surface area contributed by atoms with Crippen LogP contribution in [0.4, 0.5) is 5.00 Å². The number of methoxy groups -OCH3 is 1. The first-order valence-corrected chi connectivity index (χ1v) is 8.35. The van der Waals surface area contributed by atoms with E-state index in [1.54, 1.807) is 24.3 Å². The third-order valence-electron chi connectivity index (χ3n) is 3.77. The number of carbonyl (C=O) groups excluding carboxylic acids is 3. The number of hydrogen-bond donors (Lipinski definition) is 1. The van der Waals surface area contributed by atoms with Gasteiger partial charge in [0.05, 0.1) is 7.11 Å². The largest absolute Gasteiger partial charge is 0.465 e. The molecule has 126 valence electrons. The number of ketones is 1. The van der Waals surface area contributed by atoms with Gasteiger partial charge in [-0.25, -0.2) is 4.79 Å². The van der Waals surface area contributed by atoms with E-state index in [0.717, 1.165) is 10.1 Å². The molecule has 0 radical (unpaired) electrons. The van der Waals surface area contributed by atoms with Gasteiger partial charge in [-0.15, -0.1) is 11.3 Å². The molecule has 1 aromatic heterocycles. The van der Waals surface area contributed by atoms with E-state index in [1.807, 2.05) is 24.3 Å². The molecule has 0 unspecified atom stereocenters. The van der Waals surface area contributed by atoms with E-state index in [-0.39, 0.29) is 11.7 Å². The highest BCUT2D eigenvalue weighted by Gasteiger charge is 2.21. The van der Waals surface area contributed by atoms with Crippen molar-refractivity contribution in [2.75, 3.05) is 12.4 Å². The monoisotopic (exact) mass is 353 g/mol. The molecule has 1 amide bonds. The second-order valence-corrected chi connectivity index (χ2v) is 6.43. The Hall–Kier alpha value is -2.99. The average molecular weight is 353 g/mol. The number of esters is 1. The van der Waals surface area contributed by atoms with Crippen molar-refractivity contribution in [1.82, 2.24) is 0 Å². The number of fused-ring (bicyclic) bond motifs is 1. The molecular weight excluding hydrogens is 338 g/mol. The SMILES string of the molecule is COC(=O)c1c(NC(=O)c2ccc(C(C)=O)cc2)sc2ccccc12. The van der Waals surface area contributed by atoms with Gasteiger partial charge in [0.1, 0.15) is 10.6 Å². The molecule has 0 atom stereocenters. The van der Waals surface area contributed by atoms with Crippen LogP contribution in [0.25, 0.3) is 10.1 Å². The first-order chi connectivity index (χ1) is 12.0. The molecule has 0 spiro atoms. The van der Waals surface area contributed by atoms with Crippen molar-refractivity contribution in [2.24, 2.45) is 0 Å². The minimum absolute atomic E-state index is 0.0653. The van der Waals surface area contributed by atoms with E-state index in [4.69, 9.17) is 4.74 Å². The summed E-state index contributed by atoms with van der Waals surface area (Å²) in [6.45, 7) is 1.47. The summed E-state index contributed by atoms with van der Waals surface area (Å²) >= 11 is 1.31. The van der Waals surface area contributed by atoms with Crippen LogP contribution in [0, 0.1) is 0 Å². The fourth-order valence-corrected chi connectivity index (χ4v) is 3.56. The molecule has 2 aromatic carbocycles. The van der Waals surface area contributed by atoms with Gasteiger partial charge >= 0.3 is 5.97 Å². The predicted octanol–water partition coefficient (Wildman–Crippen LogP) is 4.14. The van der Waals surface area contributed by atoms with Crippen LogP contribution in [0.5, 0.6) is 0 Å². The van der Waals surface area contributed by atoms with Gasteiger partial charge in [-0.1, -0.05) is 30.3 Å². The maximum absolute atomic E-state index is 12.5. The topological polar surface area (TPSA) is 72.5 Å². The molecule has 0 bridgehead atoms. The summed E-state index contributed by atoms with van der Waals surface area (Å²) < 4.78 is 5.73. The van der Waals surface area contributed by atoms with Crippen molar-refractivity contribution >= 4 is 44.1 Å². The lowest BCUT2D eigenvalue weighted by Crippen LogP contribution is -2.14. The van der Waals surface area contributed by atoms with Gasteiger partial charge in [0, 0.05) is 21.2 Å². The van der Waals surface area contributed by atoms with Gasteiger partial charge in [0.15, 0.2) is 5.78 Å². The minimum Gasteiger partial charge on any atom is -0.465 e. The number of Topliss-reactive ketones (excluding diaryl/α,β-unsaturated/α-hetero) is 1. The molecule has 0 fully saturated rings. The van der Waals surface area contributed by atoms with E-state index >= 15 is 0 Å². The van der Waals surface area contributed by atoms with Gasteiger partial charge in [0.25, 0.3) is 5.91 Å². The summed E-state index contributed by atoms with van der Waals surface area (Å²) in [4.78, 5) is 36.0. The van der Waals surface area contributed by atoms with Crippen molar-refractivity contribution in [3.8, 4) is 0 Å². The highest BCUT2D eigenvalue weighted by molar-refractivity contribution is 7.23. The van der Waals surface area contributed by atoms with Crippen molar-refractivity contribution in [2.45, 2.75) is 6.92 Å². The molecule has 6 heteroatoms. The number of amides is 1. The van der Waals surface area contributed by atoms with Crippen molar-refractivity contribution in [1.29, 1.82) is 0 Å². The molecule has 3 aromatic rings. The summed E-state index contributed by atoms with van der Waals surface area (Å²) in [6, 6.07) is 13.7. The Balaban J connectivity index is 1.95. The zero-order valence-corrected chi connectivity index (χ0v) is 14.5. The zero-order chi connectivity index (χ0) is 18.0. The highest BCUT2D eigenvalue weighted by atomic mass is 32.1. The predicted molar refractivity (Wildman–Crippen MR) is 97.6 cm³/mol. The van der Waals surface area contributed by atoms with E-state index in [2.05, 4.69) is 5.32 Å². The molecule has 0 aliphatic carbocycles. The zero-order valence-electron chi connectivity index (χ0n) is 13.7. The smallest absolute Gasteiger partial charge is 0.341 e. The molecule has 0 saturated carbocycles. The molecular formula is C19H15NO4S. The lowest BCUT2D eigenvalue weighted by Gasteiger charge is -2.06. The maximum atomic E-state index is 12.5. The normalized spacial score (nSPS) is 10.5. The average Bonchev–Trinajstić information content (AvgIpc) is 2.98.